The summed E-state index contributed by atoms with van der Waals surface area (Å²) in [5.74, 6) is 0. The number of nitrogens with zero attached hydrogens (tertiary/aromatic N) is 2. The SMILES string of the molecule is CC[n+]1ccn(C[Si](C)(C)Cl)c1.[Cl-]. The van der Waals surface area contributed by atoms with Gasteiger partial charge in [0.15, 0.2) is 7.38 Å². The molecule has 13 heavy (non-hydrogen) atoms. The summed E-state index contributed by atoms with van der Waals surface area (Å²) in [7, 11) is -1.48. The molecule has 0 bridgehead atoms. The van der Waals surface area contributed by atoms with Crippen molar-refractivity contribution < 1.29 is 17.0 Å². The monoisotopic (exact) mass is 238 g/mol. The summed E-state index contributed by atoms with van der Waals surface area (Å²) in [5.41, 5.74) is 0. The Hall–Kier alpha value is 0.00688. The highest BCUT2D eigenvalue weighted by atomic mass is 35.6. The molecule has 0 N–H and O–H groups in total. The second-order valence-electron chi connectivity index (χ2n) is 3.64. The third-order valence-electron chi connectivity index (χ3n) is 1.67. The molecule has 0 unspecified atom stereocenters. The number of halogens is 2. The van der Waals surface area contributed by atoms with Gasteiger partial charge in [-0.3, -0.25) is 0 Å². The maximum atomic E-state index is 6.23. The summed E-state index contributed by atoms with van der Waals surface area (Å²) in [6.07, 6.45) is 7.26. The van der Waals surface area contributed by atoms with Gasteiger partial charge in [-0.2, -0.15) is 11.1 Å². The molecule has 0 aliphatic heterocycles. The molecule has 76 valence electrons. The first-order chi connectivity index (χ1) is 5.51. The van der Waals surface area contributed by atoms with E-state index in [-0.39, 0.29) is 12.4 Å². The van der Waals surface area contributed by atoms with Crippen LogP contribution in [-0.4, -0.2) is 12.0 Å². The zero-order valence-corrected chi connectivity index (χ0v) is 10.8. The van der Waals surface area contributed by atoms with Crippen molar-refractivity contribution in [2.24, 2.45) is 0 Å². The summed E-state index contributed by atoms with van der Waals surface area (Å²) in [6, 6.07) is 0. The van der Waals surface area contributed by atoms with Crippen molar-refractivity contribution in [3.05, 3.63) is 18.7 Å². The van der Waals surface area contributed by atoms with Crippen molar-refractivity contribution in [2.75, 3.05) is 0 Å². The van der Waals surface area contributed by atoms with Crippen LogP contribution in [0.15, 0.2) is 18.7 Å². The Morgan fingerprint density at radius 3 is 2.46 bits per heavy atom. The molecule has 0 spiro atoms. The molecule has 1 aromatic rings. The Morgan fingerprint density at radius 1 is 1.46 bits per heavy atom. The fourth-order valence-corrected chi connectivity index (χ4v) is 2.62. The van der Waals surface area contributed by atoms with Gasteiger partial charge in [-0.1, -0.05) is 13.1 Å². The zero-order valence-electron chi connectivity index (χ0n) is 8.30. The van der Waals surface area contributed by atoms with Gasteiger partial charge in [0.25, 0.3) is 0 Å². The molecule has 1 heterocycles. The molecule has 0 radical (unpaired) electrons. The van der Waals surface area contributed by atoms with Crippen molar-refractivity contribution in [1.29, 1.82) is 0 Å². The molecule has 1 aromatic heterocycles. The van der Waals surface area contributed by atoms with Gasteiger partial charge < -0.3 is 12.4 Å². The lowest BCUT2D eigenvalue weighted by atomic mass is 10.7. The lowest BCUT2D eigenvalue weighted by Crippen LogP contribution is -3.00. The van der Waals surface area contributed by atoms with E-state index in [1.807, 2.05) is 0 Å². The van der Waals surface area contributed by atoms with Crippen molar-refractivity contribution in [3.8, 4) is 0 Å². The van der Waals surface area contributed by atoms with Gasteiger partial charge >= 0.3 is 0 Å². The molecule has 0 saturated heterocycles. The van der Waals surface area contributed by atoms with Crippen LogP contribution < -0.4 is 17.0 Å². The van der Waals surface area contributed by atoms with E-state index in [9.17, 15) is 0 Å². The van der Waals surface area contributed by atoms with E-state index in [0.29, 0.717) is 0 Å². The topological polar surface area (TPSA) is 8.81 Å². The van der Waals surface area contributed by atoms with Crippen LogP contribution in [0.3, 0.4) is 0 Å². The lowest BCUT2D eigenvalue weighted by molar-refractivity contribution is -0.693. The van der Waals surface area contributed by atoms with Crippen LogP contribution in [0.2, 0.25) is 13.1 Å². The first-order valence-electron chi connectivity index (χ1n) is 4.25. The molecule has 0 amide bonds. The lowest BCUT2D eigenvalue weighted by Gasteiger charge is -2.08. The summed E-state index contributed by atoms with van der Waals surface area (Å²) in [6.45, 7) is 7.47. The van der Waals surface area contributed by atoms with Crippen molar-refractivity contribution >= 4 is 18.5 Å². The average molecular weight is 239 g/mol. The second kappa shape index (κ2) is 5.03. The van der Waals surface area contributed by atoms with Gasteiger partial charge in [0, 0.05) is 0 Å². The van der Waals surface area contributed by atoms with Crippen LogP contribution in [0, 0.1) is 0 Å². The first kappa shape index (κ1) is 13.0. The minimum absolute atomic E-state index is 0. The van der Waals surface area contributed by atoms with E-state index in [4.69, 9.17) is 11.1 Å². The van der Waals surface area contributed by atoms with E-state index >= 15 is 0 Å². The van der Waals surface area contributed by atoms with Gasteiger partial charge in [-0.15, -0.1) is 0 Å². The minimum Gasteiger partial charge on any atom is -1.00 e. The van der Waals surface area contributed by atoms with Crippen LogP contribution in [0.5, 0.6) is 0 Å². The van der Waals surface area contributed by atoms with Crippen LogP contribution in [-0.2, 0) is 12.7 Å². The normalized spacial score (nSPS) is 11.1. The molecule has 5 heteroatoms. The van der Waals surface area contributed by atoms with Gasteiger partial charge in [-0.05, 0) is 6.92 Å². The molecule has 1 rings (SSSR count). The van der Waals surface area contributed by atoms with E-state index in [0.717, 1.165) is 12.7 Å². The third-order valence-corrected chi connectivity index (χ3v) is 3.15. The number of aromatic nitrogens is 2. The number of hydrogen-bond donors (Lipinski definition) is 0. The standard InChI is InChI=1S/C8H16ClN2Si.ClH/c1-4-10-5-6-11(7-10)8-12(2,3)9;/h5-7H,4,8H2,1-3H3;1H/q+1;/p-1. The van der Waals surface area contributed by atoms with Crippen LogP contribution >= 0.6 is 11.1 Å². The second-order valence-corrected chi connectivity index (χ2v) is 10.5. The molecule has 0 aliphatic rings. The van der Waals surface area contributed by atoms with Crippen LogP contribution in [0.25, 0.3) is 0 Å². The molecular weight excluding hydrogens is 223 g/mol. The van der Waals surface area contributed by atoms with E-state index < -0.39 is 7.38 Å². The third kappa shape index (κ3) is 4.69. The fraction of sp³-hybridized carbons (Fsp3) is 0.625. The molecular formula is C8H16Cl2N2Si. The molecule has 0 aromatic carbocycles. The van der Waals surface area contributed by atoms with Crippen molar-refractivity contribution in [1.82, 2.24) is 4.57 Å². The predicted octanol–water partition coefficient (Wildman–Crippen LogP) is -1.22. The maximum Gasteiger partial charge on any atom is 0.243 e. The fourth-order valence-electron chi connectivity index (χ4n) is 1.15. The number of imidazole rings is 1. The highest BCUT2D eigenvalue weighted by molar-refractivity contribution is 7.18. The summed E-state index contributed by atoms with van der Waals surface area (Å²) in [4.78, 5) is 0. The molecule has 0 saturated carbocycles. The Kier molecular flexibility index (Phi) is 5.03. The number of aryl methyl sites for hydroxylation is 1. The van der Waals surface area contributed by atoms with Gasteiger partial charge in [0.2, 0.25) is 6.33 Å². The average Bonchev–Trinajstić information content (AvgIpc) is 2.32. The quantitative estimate of drug-likeness (QED) is 0.355. The van der Waals surface area contributed by atoms with Crippen molar-refractivity contribution in [2.45, 2.75) is 32.7 Å². The Balaban J connectivity index is 0.00000144. The number of rotatable bonds is 3. The smallest absolute Gasteiger partial charge is 0.243 e. The molecule has 0 fully saturated rings. The van der Waals surface area contributed by atoms with Gasteiger partial charge in [-0.25, -0.2) is 9.13 Å². The van der Waals surface area contributed by atoms with Crippen molar-refractivity contribution in [3.63, 3.8) is 0 Å². The maximum absolute atomic E-state index is 6.23. The first-order valence-corrected chi connectivity index (χ1v) is 8.47. The summed E-state index contributed by atoms with van der Waals surface area (Å²) < 4.78 is 4.32. The van der Waals surface area contributed by atoms with Crippen LogP contribution in [0.1, 0.15) is 6.92 Å². The van der Waals surface area contributed by atoms with E-state index in [1.54, 1.807) is 0 Å². The summed E-state index contributed by atoms with van der Waals surface area (Å²) >= 11 is 6.23. The Bertz CT molecular complexity index is 255. The molecule has 0 aliphatic carbocycles. The van der Waals surface area contributed by atoms with Crippen LogP contribution in [0.4, 0.5) is 0 Å². The molecule has 0 atom stereocenters. The highest BCUT2D eigenvalue weighted by Crippen LogP contribution is 2.09. The molecule has 2 nitrogen and oxygen atoms in total. The largest absolute Gasteiger partial charge is 1.00 e. The number of hydrogen-bond acceptors (Lipinski definition) is 0. The summed E-state index contributed by atoms with van der Waals surface area (Å²) in [5, 5.41) is 0. The van der Waals surface area contributed by atoms with Gasteiger partial charge in [0.05, 0.1) is 12.7 Å². The van der Waals surface area contributed by atoms with Gasteiger partial charge in [0.1, 0.15) is 12.4 Å². The predicted molar refractivity (Wildman–Crippen MR) is 53.6 cm³/mol. The highest BCUT2D eigenvalue weighted by Gasteiger charge is 2.21. The minimum atomic E-state index is -1.48. The Morgan fingerprint density at radius 2 is 2.08 bits per heavy atom. The zero-order chi connectivity index (χ0) is 9.19. The Labute approximate surface area is 91.6 Å². The van der Waals surface area contributed by atoms with E-state index in [2.05, 4.69) is 47.9 Å². The van der Waals surface area contributed by atoms with E-state index in [1.165, 1.54) is 0 Å².